The van der Waals surface area contributed by atoms with Crippen LogP contribution in [0, 0.1) is 0 Å². The van der Waals surface area contributed by atoms with E-state index in [1.165, 1.54) is 26.2 Å². The van der Waals surface area contributed by atoms with Crippen molar-refractivity contribution in [3.63, 3.8) is 0 Å². The van der Waals surface area contributed by atoms with Crippen molar-refractivity contribution in [1.29, 1.82) is 0 Å². The second kappa shape index (κ2) is 5.50. The molecule has 0 amide bonds. The molecule has 0 aromatic heterocycles. The molecule has 6 heteroatoms. The van der Waals surface area contributed by atoms with Gasteiger partial charge < -0.3 is 19.3 Å². The normalized spacial score (nSPS) is 28.1. The lowest BCUT2D eigenvalue weighted by Crippen LogP contribution is -2.46. The smallest absolute Gasteiger partial charge is 0.303 e. The van der Waals surface area contributed by atoms with Gasteiger partial charge in [0, 0.05) is 13.8 Å². The predicted molar refractivity (Wildman–Crippen MR) is 52.2 cm³/mol. The van der Waals surface area contributed by atoms with Crippen molar-refractivity contribution in [2.45, 2.75) is 32.2 Å². The Labute approximate surface area is 92.8 Å². The molecule has 0 aliphatic carbocycles. The Bertz CT molecular complexity index is 298. The van der Waals surface area contributed by atoms with Crippen LogP contribution in [0.15, 0.2) is 12.3 Å². The lowest BCUT2D eigenvalue weighted by Gasteiger charge is -2.32. The molecule has 1 aliphatic rings. The van der Waals surface area contributed by atoms with Crippen molar-refractivity contribution in [3.05, 3.63) is 12.3 Å². The van der Waals surface area contributed by atoms with E-state index in [0.29, 0.717) is 0 Å². The molecule has 6 nitrogen and oxygen atoms in total. The highest BCUT2D eigenvalue weighted by atomic mass is 16.6. The highest BCUT2D eigenvalue weighted by Crippen LogP contribution is 2.19. The van der Waals surface area contributed by atoms with Crippen LogP contribution in [0.25, 0.3) is 0 Å². The molecule has 0 aromatic rings. The Balaban J connectivity index is 2.77. The van der Waals surface area contributed by atoms with Gasteiger partial charge >= 0.3 is 11.9 Å². The first-order valence-electron chi connectivity index (χ1n) is 4.82. The Morgan fingerprint density at radius 2 is 1.94 bits per heavy atom. The van der Waals surface area contributed by atoms with Crippen LogP contribution in [0.2, 0.25) is 0 Å². The molecule has 0 spiro atoms. The summed E-state index contributed by atoms with van der Waals surface area (Å²) in [5.41, 5.74) is 0. The minimum atomic E-state index is -0.823. The highest BCUT2D eigenvalue weighted by Gasteiger charge is 2.36. The van der Waals surface area contributed by atoms with Crippen LogP contribution in [0.5, 0.6) is 0 Å². The Hall–Kier alpha value is -1.56. The van der Waals surface area contributed by atoms with Gasteiger partial charge in [0.15, 0.2) is 18.3 Å². The molecule has 1 aliphatic heterocycles. The summed E-state index contributed by atoms with van der Waals surface area (Å²) in [5.74, 6) is -1.02. The van der Waals surface area contributed by atoms with Crippen LogP contribution in [0.1, 0.15) is 13.8 Å². The molecule has 0 aromatic carbocycles. The molecular formula is C10H14O6. The molecule has 0 radical (unpaired) electrons. The highest BCUT2D eigenvalue weighted by molar-refractivity contribution is 5.67. The van der Waals surface area contributed by atoms with E-state index >= 15 is 0 Å². The number of carbonyl (C=O) groups excluding carboxylic acids is 2. The van der Waals surface area contributed by atoms with E-state index in [9.17, 15) is 9.59 Å². The van der Waals surface area contributed by atoms with Crippen LogP contribution in [0.4, 0.5) is 0 Å². The van der Waals surface area contributed by atoms with Gasteiger partial charge in [-0.1, -0.05) is 0 Å². The van der Waals surface area contributed by atoms with Crippen LogP contribution >= 0.6 is 0 Å². The number of aliphatic hydroxyl groups is 1. The minimum Gasteiger partial charge on any atom is -0.492 e. The second-order valence-corrected chi connectivity index (χ2v) is 3.33. The van der Waals surface area contributed by atoms with Gasteiger partial charge in [0.25, 0.3) is 0 Å². The Kier molecular flexibility index (Phi) is 4.30. The molecule has 0 bridgehead atoms. The summed E-state index contributed by atoms with van der Waals surface area (Å²) in [6.45, 7) is 2.15. The summed E-state index contributed by atoms with van der Waals surface area (Å²) in [6, 6.07) is 0. The van der Waals surface area contributed by atoms with Gasteiger partial charge in [-0.05, 0) is 6.08 Å². The maximum Gasteiger partial charge on any atom is 0.303 e. The first kappa shape index (κ1) is 12.5. The molecule has 0 fully saturated rings. The zero-order valence-electron chi connectivity index (χ0n) is 9.08. The summed E-state index contributed by atoms with van der Waals surface area (Å²) < 4.78 is 15.0. The fourth-order valence-corrected chi connectivity index (χ4v) is 1.40. The Morgan fingerprint density at radius 3 is 2.44 bits per heavy atom. The van der Waals surface area contributed by atoms with Gasteiger partial charge in [-0.15, -0.1) is 0 Å². The van der Waals surface area contributed by atoms with Crippen molar-refractivity contribution in [2.75, 3.05) is 6.61 Å². The van der Waals surface area contributed by atoms with E-state index in [-0.39, 0.29) is 6.61 Å². The number of carbonyl (C=O) groups is 2. The molecule has 0 saturated carbocycles. The van der Waals surface area contributed by atoms with Crippen molar-refractivity contribution in [1.82, 2.24) is 0 Å². The van der Waals surface area contributed by atoms with Crippen molar-refractivity contribution in [3.8, 4) is 0 Å². The fourth-order valence-electron chi connectivity index (χ4n) is 1.40. The van der Waals surface area contributed by atoms with Crippen molar-refractivity contribution in [2.24, 2.45) is 0 Å². The second-order valence-electron chi connectivity index (χ2n) is 3.33. The van der Waals surface area contributed by atoms with E-state index in [1.54, 1.807) is 0 Å². The topological polar surface area (TPSA) is 82.1 Å². The molecule has 1 heterocycles. The van der Waals surface area contributed by atoms with E-state index in [1.807, 2.05) is 0 Å². The third-order valence-corrected chi connectivity index (χ3v) is 2.00. The standard InChI is InChI=1S/C10H14O6/c1-6(12)15-8-3-4-14-9(5-11)10(8)16-7(2)13/h3-4,8-11H,5H2,1-2H3/t8-,9+,10-/m0/s1. The lowest BCUT2D eigenvalue weighted by molar-refractivity contribution is -0.175. The first-order valence-corrected chi connectivity index (χ1v) is 4.82. The van der Waals surface area contributed by atoms with Gasteiger partial charge in [-0.3, -0.25) is 9.59 Å². The van der Waals surface area contributed by atoms with Gasteiger partial charge in [0.05, 0.1) is 12.9 Å². The molecule has 3 atom stereocenters. The van der Waals surface area contributed by atoms with E-state index in [0.717, 1.165) is 0 Å². The molecule has 1 N–H and O–H groups in total. The van der Waals surface area contributed by atoms with E-state index in [2.05, 4.69) is 0 Å². The third-order valence-electron chi connectivity index (χ3n) is 2.00. The summed E-state index contributed by atoms with van der Waals surface area (Å²) in [7, 11) is 0. The third kappa shape index (κ3) is 3.23. The van der Waals surface area contributed by atoms with Crippen LogP contribution in [-0.2, 0) is 23.8 Å². The average molecular weight is 230 g/mol. The maximum absolute atomic E-state index is 10.9. The number of ether oxygens (including phenoxy) is 3. The number of rotatable bonds is 3. The van der Waals surface area contributed by atoms with Crippen molar-refractivity contribution >= 4 is 11.9 Å². The molecule has 0 unspecified atom stereocenters. The lowest BCUT2D eigenvalue weighted by atomic mass is 10.1. The number of hydrogen-bond acceptors (Lipinski definition) is 6. The number of aliphatic hydroxyl groups excluding tert-OH is 1. The van der Waals surface area contributed by atoms with Crippen LogP contribution in [-0.4, -0.2) is 42.0 Å². The number of esters is 2. The van der Waals surface area contributed by atoms with Crippen LogP contribution < -0.4 is 0 Å². The predicted octanol–water partition coefficient (Wildman–Crippen LogP) is -0.245. The molecule has 90 valence electrons. The zero-order chi connectivity index (χ0) is 12.1. The van der Waals surface area contributed by atoms with Gasteiger partial charge in [-0.2, -0.15) is 0 Å². The molecule has 16 heavy (non-hydrogen) atoms. The largest absolute Gasteiger partial charge is 0.492 e. The zero-order valence-corrected chi connectivity index (χ0v) is 9.08. The summed E-state index contributed by atoms with van der Waals surface area (Å²) >= 11 is 0. The van der Waals surface area contributed by atoms with Gasteiger partial charge in [0.2, 0.25) is 0 Å². The SMILES string of the molecule is CC(=O)O[C@H]1[C@@H](OC(C)=O)C=CO[C@@H]1CO. The van der Waals surface area contributed by atoms with Gasteiger partial charge in [-0.25, -0.2) is 0 Å². The molecule has 1 rings (SSSR count). The number of hydrogen-bond donors (Lipinski definition) is 1. The quantitative estimate of drug-likeness (QED) is 0.673. The van der Waals surface area contributed by atoms with E-state index < -0.39 is 30.3 Å². The Morgan fingerprint density at radius 1 is 1.31 bits per heavy atom. The average Bonchev–Trinajstić information content (AvgIpc) is 2.19. The van der Waals surface area contributed by atoms with Crippen LogP contribution in [0.3, 0.4) is 0 Å². The van der Waals surface area contributed by atoms with Crippen molar-refractivity contribution < 1.29 is 28.9 Å². The molecular weight excluding hydrogens is 216 g/mol. The summed E-state index contributed by atoms with van der Waals surface area (Å²) in [4.78, 5) is 21.7. The van der Waals surface area contributed by atoms with Gasteiger partial charge in [0.1, 0.15) is 0 Å². The maximum atomic E-state index is 10.9. The monoisotopic (exact) mass is 230 g/mol. The first-order chi connectivity index (χ1) is 7.54. The fraction of sp³-hybridized carbons (Fsp3) is 0.600. The summed E-state index contributed by atoms with van der Waals surface area (Å²) in [5, 5.41) is 9.04. The van der Waals surface area contributed by atoms with E-state index in [4.69, 9.17) is 19.3 Å². The minimum absolute atomic E-state index is 0.333. The summed E-state index contributed by atoms with van der Waals surface area (Å²) in [6.07, 6.45) is 0.497. The molecule has 0 saturated heterocycles.